The quantitative estimate of drug-likeness (QED) is 0.0782. The number of quaternary nitrogens is 2. The minimum absolute atomic E-state index is 0. The Balaban J connectivity index is 0. The zero-order chi connectivity index (χ0) is 32.2. The largest absolute Gasteiger partial charge is 1.00 e. The Labute approximate surface area is 305 Å². The average molecular weight is 724 g/mol. The molecule has 0 saturated heterocycles. The van der Waals surface area contributed by atoms with Gasteiger partial charge in [0.05, 0.1) is 41.3 Å². The van der Waals surface area contributed by atoms with E-state index in [1.807, 2.05) is 0 Å². The maximum Gasteiger partial charge on any atom is 0.104 e. The third-order valence-electron chi connectivity index (χ3n) is 9.14. The van der Waals surface area contributed by atoms with E-state index in [-0.39, 0.29) is 29.4 Å². The van der Waals surface area contributed by atoms with Crippen molar-refractivity contribution in [3.8, 4) is 0 Å². The molecule has 0 unspecified atom stereocenters. The molecular formula is C42H76BrClN2. The number of nitrogens with zero attached hydrogens (tertiary/aromatic N) is 2. The van der Waals surface area contributed by atoms with Crippen LogP contribution in [0.2, 0.25) is 0 Å². The first-order valence-electron chi connectivity index (χ1n) is 19.0. The van der Waals surface area contributed by atoms with E-state index in [4.69, 9.17) is 0 Å². The molecule has 46 heavy (non-hydrogen) atoms. The molecule has 268 valence electrons. The molecule has 4 heteroatoms. The predicted molar refractivity (Wildman–Crippen MR) is 198 cm³/mol. The number of unbranched alkanes of at least 4 members (excludes halogenated alkanes) is 18. The summed E-state index contributed by atoms with van der Waals surface area (Å²) < 4.78 is 2.22. The molecule has 2 nitrogen and oxygen atoms in total. The van der Waals surface area contributed by atoms with Gasteiger partial charge in [-0.3, -0.25) is 0 Å². The summed E-state index contributed by atoms with van der Waals surface area (Å²) in [6, 6.07) is 21.8. The van der Waals surface area contributed by atoms with Crippen molar-refractivity contribution in [1.29, 1.82) is 0 Å². The molecule has 0 amide bonds. The highest BCUT2D eigenvalue weighted by Crippen LogP contribution is 2.15. The number of rotatable bonds is 26. The average Bonchev–Trinajstić information content (AvgIpc) is 3.00. The van der Waals surface area contributed by atoms with Crippen LogP contribution < -0.4 is 29.4 Å². The Bertz CT molecular complexity index is 798. The molecule has 0 atom stereocenters. The lowest BCUT2D eigenvalue weighted by Crippen LogP contribution is -3.00. The van der Waals surface area contributed by atoms with Gasteiger partial charge in [-0.25, -0.2) is 0 Å². The summed E-state index contributed by atoms with van der Waals surface area (Å²) in [6.45, 7) is 9.48. The molecule has 0 saturated carbocycles. The van der Waals surface area contributed by atoms with Gasteiger partial charge in [-0.05, 0) is 25.7 Å². The van der Waals surface area contributed by atoms with E-state index in [1.165, 1.54) is 153 Å². The number of hydrogen-bond donors (Lipinski definition) is 0. The molecule has 0 fully saturated rings. The Kier molecular flexibility index (Phi) is 32.3. The number of hydrogen-bond acceptors (Lipinski definition) is 0. The van der Waals surface area contributed by atoms with Gasteiger partial charge >= 0.3 is 0 Å². The van der Waals surface area contributed by atoms with Gasteiger partial charge in [-0.1, -0.05) is 177 Å². The van der Waals surface area contributed by atoms with E-state index in [2.05, 4.69) is 103 Å². The predicted octanol–water partition coefficient (Wildman–Crippen LogP) is 6.38. The summed E-state index contributed by atoms with van der Waals surface area (Å²) >= 11 is 0. The summed E-state index contributed by atoms with van der Waals surface area (Å²) in [5, 5.41) is 0. The second-order valence-corrected chi connectivity index (χ2v) is 15.0. The van der Waals surface area contributed by atoms with Gasteiger partial charge in [0.25, 0.3) is 0 Å². The Morgan fingerprint density at radius 2 is 0.609 bits per heavy atom. The summed E-state index contributed by atoms with van der Waals surface area (Å²) in [6.07, 6.45) is 28.5. The molecular weight excluding hydrogens is 648 g/mol. The molecule has 0 spiro atoms. The van der Waals surface area contributed by atoms with E-state index >= 15 is 0 Å². The van der Waals surface area contributed by atoms with Gasteiger partial charge in [-0.15, -0.1) is 0 Å². The molecule has 0 aliphatic carbocycles. The zero-order valence-electron chi connectivity index (χ0n) is 31.4. The van der Waals surface area contributed by atoms with Gasteiger partial charge in [-0.2, -0.15) is 0 Å². The molecule has 2 aromatic rings. The molecule has 0 N–H and O–H groups in total. The highest BCUT2D eigenvalue weighted by molar-refractivity contribution is 5.14. The summed E-state index contributed by atoms with van der Waals surface area (Å²) in [4.78, 5) is 0. The fourth-order valence-corrected chi connectivity index (χ4v) is 6.37. The minimum atomic E-state index is 0. The maximum absolute atomic E-state index is 2.36. The first-order valence-corrected chi connectivity index (χ1v) is 19.0. The maximum atomic E-state index is 2.36. The van der Waals surface area contributed by atoms with Crippen molar-refractivity contribution in [2.24, 2.45) is 0 Å². The fourth-order valence-electron chi connectivity index (χ4n) is 6.37. The van der Waals surface area contributed by atoms with Crippen LogP contribution in [0.15, 0.2) is 60.7 Å². The summed E-state index contributed by atoms with van der Waals surface area (Å²) in [5.41, 5.74) is 2.92. The van der Waals surface area contributed by atoms with Crippen LogP contribution >= 0.6 is 0 Å². The van der Waals surface area contributed by atoms with E-state index in [0.717, 1.165) is 22.1 Å². The van der Waals surface area contributed by atoms with Crippen molar-refractivity contribution >= 4 is 0 Å². The minimum Gasteiger partial charge on any atom is -1.00 e. The van der Waals surface area contributed by atoms with Crippen LogP contribution in [0.4, 0.5) is 0 Å². The van der Waals surface area contributed by atoms with Crippen LogP contribution in [-0.4, -0.2) is 50.2 Å². The topological polar surface area (TPSA) is 0 Å². The van der Waals surface area contributed by atoms with Gasteiger partial charge in [0, 0.05) is 11.1 Å². The van der Waals surface area contributed by atoms with Crippen LogP contribution in [-0.2, 0) is 13.1 Å². The molecule has 2 rings (SSSR count). The lowest BCUT2D eigenvalue weighted by Gasteiger charge is -2.30. The number of benzene rings is 2. The lowest BCUT2D eigenvalue weighted by molar-refractivity contribution is -0.903. The van der Waals surface area contributed by atoms with Crippen LogP contribution in [0.1, 0.15) is 153 Å². The van der Waals surface area contributed by atoms with Crippen LogP contribution in [0, 0.1) is 0 Å². The second-order valence-electron chi connectivity index (χ2n) is 15.0. The molecule has 0 bridgehead atoms. The van der Waals surface area contributed by atoms with Gasteiger partial charge in [0.1, 0.15) is 13.1 Å². The van der Waals surface area contributed by atoms with E-state index in [0.29, 0.717) is 0 Å². The Morgan fingerprint density at radius 1 is 0.370 bits per heavy atom. The van der Waals surface area contributed by atoms with E-state index < -0.39 is 0 Å². The molecule has 0 aliphatic rings. The monoisotopic (exact) mass is 722 g/mol. The van der Waals surface area contributed by atoms with Gasteiger partial charge in [0.2, 0.25) is 0 Å². The SMILES string of the molecule is CCCCCCCCCCCC[N+](C)(C)Cc1ccccc1.CCCCCCCCCCCC[N+](C)(C)Cc1ccccc1.[Br-].[Cl-]. The Hall–Kier alpha value is -0.870. The van der Waals surface area contributed by atoms with Crippen molar-refractivity contribution in [3.05, 3.63) is 71.8 Å². The first kappa shape index (κ1) is 47.2. The second kappa shape index (κ2) is 31.4. The highest BCUT2D eigenvalue weighted by atomic mass is 79.9. The van der Waals surface area contributed by atoms with Crippen LogP contribution in [0.25, 0.3) is 0 Å². The molecule has 0 aliphatic heterocycles. The van der Waals surface area contributed by atoms with E-state index in [9.17, 15) is 0 Å². The van der Waals surface area contributed by atoms with Crippen molar-refractivity contribution in [1.82, 2.24) is 0 Å². The third kappa shape index (κ3) is 29.3. The van der Waals surface area contributed by atoms with Crippen LogP contribution in [0.5, 0.6) is 0 Å². The Morgan fingerprint density at radius 3 is 0.870 bits per heavy atom. The zero-order valence-corrected chi connectivity index (χ0v) is 33.7. The smallest absolute Gasteiger partial charge is 0.104 e. The van der Waals surface area contributed by atoms with Gasteiger partial charge < -0.3 is 38.4 Å². The van der Waals surface area contributed by atoms with Crippen LogP contribution in [0.3, 0.4) is 0 Å². The molecule has 0 heterocycles. The van der Waals surface area contributed by atoms with Gasteiger partial charge in [0.15, 0.2) is 0 Å². The fraction of sp³-hybridized carbons (Fsp3) is 0.714. The molecule has 0 radical (unpaired) electrons. The summed E-state index contributed by atoms with van der Waals surface area (Å²) in [5.74, 6) is 0. The summed E-state index contributed by atoms with van der Waals surface area (Å²) in [7, 11) is 9.45. The normalized spacial score (nSPS) is 11.3. The molecule has 0 aromatic heterocycles. The van der Waals surface area contributed by atoms with Crippen molar-refractivity contribution in [2.45, 2.75) is 155 Å². The van der Waals surface area contributed by atoms with Crippen molar-refractivity contribution in [2.75, 3.05) is 41.3 Å². The number of halogens is 2. The van der Waals surface area contributed by atoms with Crippen molar-refractivity contribution < 1.29 is 38.4 Å². The van der Waals surface area contributed by atoms with E-state index in [1.54, 1.807) is 0 Å². The third-order valence-corrected chi connectivity index (χ3v) is 9.14. The highest BCUT2D eigenvalue weighted by Gasteiger charge is 2.16. The standard InChI is InChI=1S/2C21H38N.BrH.ClH/c2*1-4-5-6-7-8-9-10-11-12-16-19-22(2,3)20-21-17-14-13-15-18-21;;/h2*13-15,17-18H,4-12,16,19-20H2,1-3H3;2*1H/q2*+1;;/p-2. The first-order chi connectivity index (χ1) is 21.3. The molecule has 2 aromatic carbocycles. The lowest BCUT2D eigenvalue weighted by atomic mass is 10.1. The van der Waals surface area contributed by atoms with Crippen molar-refractivity contribution in [3.63, 3.8) is 0 Å².